The van der Waals surface area contributed by atoms with Crippen molar-refractivity contribution in [3.05, 3.63) is 72.4 Å². The number of nitrogens with zero attached hydrogens (tertiary/aromatic N) is 1. The topological polar surface area (TPSA) is 46.6 Å². The molecule has 0 saturated carbocycles. The average Bonchev–Trinajstić information content (AvgIpc) is 3.03. The molecule has 0 aliphatic carbocycles. The van der Waals surface area contributed by atoms with Crippen LogP contribution in [-0.2, 0) is 14.4 Å². The van der Waals surface area contributed by atoms with Crippen LogP contribution in [0.3, 0.4) is 0 Å². The van der Waals surface area contributed by atoms with Crippen LogP contribution >= 0.6 is 7.92 Å². The number of hydroxylamine groups is 2. The Hall–Kier alpha value is -2.45. The summed E-state index contributed by atoms with van der Waals surface area (Å²) in [5.41, 5.74) is 0.761. The number of carbonyl (C=O) groups excluding carboxylic acids is 2. The lowest BCUT2D eigenvalue weighted by atomic mass is 10.3. The number of amides is 1. The van der Waals surface area contributed by atoms with Gasteiger partial charge in [0.2, 0.25) is 0 Å². The van der Waals surface area contributed by atoms with Crippen LogP contribution in [0.15, 0.2) is 72.4 Å². The fourth-order valence-electron chi connectivity index (χ4n) is 2.94. The maximum absolute atomic E-state index is 12.3. The van der Waals surface area contributed by atoms with Crippen molar-refractivity contribution in [3.8, 4) is 0 Å². The number of benzene rings is 2. The first-order valence-electron chi connectivity index (χ1n) is 8.75. The molecule has 1 heterocycles. The van der Waals surface area contributed by atoms with Crippen LogP contribution in [0.4, 0.5) is 0 Å². The minimum Gasteiger partial charge on any atom is -0.333 e. The zero-order valence-corrected chi connectivity index (χ0v) is 15.7. The highest BCUT2D eigenvalue weighted by atomic mass is 31.1. The predicted octanol–water partition coefficient (Wildman–Crippen LogP) is 3.49. The van der Waals surface area contributed by atoms with Crippen LogP contribution in [0.2, 0.25) is 0 Å². The summed E-state index contributed by atoms with van der Waals surface area (Å²) in [6, 6.07) is 20.5. The maximum atomic E-state index is 12.3. The second-order valence-corrected chi connectivity index (χ2v) is 8.34. The Morgan fingerprint density at radius 2 is 1.62 bits per heavy atom. The summed E-state index contributed by atoms with van der Waals surface area (Å²) in [5.74, 6) is -0.515. The summed E-state index contributed by atoms with van der Waals surface area (Å²) < 4.78 is 0. The van der Waals surface area contributed by atoms with E-state index in [9.17, 15) is 9.59 Å². The molecule has 2 aromatic carbocycles. The molecule has 0 aromatic heterocycles. The van der Waals surface area contributed by atoms with Gasteiger partial charge in [-0.3, -0.25) is 4.79 Å². The van der Waals surface area contributed by atoms with E-state index in [2.05, 4.69) is 24.3 Å². The molecule has 26 heavy (non-hydrogen) atoms. The number of hydrogen-bond acceptors (Lipinski definition) is 3. The highest BCUT2D eigenvalue weighted by Gasteiger charge is 2.29. The largest absolute Gasteiger partial charge is 0.333 e. The Balaban J connectivity index is 1.68. The van der Waals surface area contributed by atoms with Crippen molar-refractivity contribution in [3.63, 3.8) is 0 Å². The van der Waals surface area contributed by atoms with Gasteiger partial charge in [-0.1, -0.05) is 66.7 Å². The molecule has 3 rings (SSSR count). The lowest BCUT2D eigenvalue weighted by Crippen LogP contribution is -2.28. The number of rotatable bonds is 6. The van der Waals surface area contributed by atoms with Gasteiger partial charge in [-0.25, -0.2) is 4.79 Å². The molecule has 2 aromatic rings. The van der Waals surface area contributed by atoms with E-state index in [0.29, 0.717) is 19.0 Å². The van der Waals surface area contributed by atoms with Gasteiger partial charge in [0.1, 0.15) is 0 Å². The van der Waals surface area contributed by atoms with Gasteiger partial charge in [0.15, 0.2) is 0 Å². The number of allylic oxidation sites excluding steroid dienone is 2. The molecular weight excluding hydrogens is 345 g/mol. The fourth-order valence-corrected chi connectivity index (χ4v) is 5.23. The summed E-state index contributed by atoms with van der Waals surface area (Å²) in [4.78, 5) is 29.5. The third-order valence-electron chi connectivity index (χ3n) is 4.28. The Morgan fingerprint density at radius 1 is 1.04 bits per heavy atom. The van der Waals surface area contributed by atoms with E-state index >= 15 is 0 Å². The second-order valence-electron chi connectivity index (χ2n) is 6.00. The molecule has 1 amide bonds. The normalized spacial score (nSPS) is 15.7. The molecule has 0 spiro atoms. The zero-order chi connectivity index (χ0) is 18.4. The van der Waals surface area contributed by atoms with E-state index < -0.39 is 7.92 Å². The molecule has 1 fully saturated rings. The molecule has 5 heteroatoms. The quantitative estimate of drug-likeness (QED) is 0.735. The van der Waals surface area contributed by atoms with Gasteiger partial charge in [-0.15, -0.1) is 5.06 Å². The SMILES string of the molecule is C/C=C1/CCC(=O)N1OC(=O)CCP(c1ccccc1)c1ccccc1. The van der Waals surface area contributed by atoms with E-state index in [-0.39, 0.29) is 18.3 Å². The van der Waals surface area contributed by atoms with Crippen molar-refractivity contribution in [1.29, 1.82) is 0 Å². The predicted molar refractivity (Wildman–Crippen MR) is 104 cm³/mol. The van der Waals surface area contributed by atoms with Crippen molar-refractivity contribution < 1.29 is 14.4 Å². The van der Waals surface area contributed by atoms with Crippen LogP contribution in [0.5, 0.6) is 0 Å². The fraction of sp³-hybridized carbons (Fsp3) is 0.238. The van der Waals surface area contributed by atoms with Crippen LogP contribution in [0.25, 0.3) is 0 Å². The molecule has 4 nitrogen and oxygen atoms in total. The Bertz CT molecular complexity index is 750. The summed E-state index contributed by atoms with van der Waals surface area (Å²) in [6.45, 7) is 1.85. The summed E-state index contributed by atoms with van der Waals surface area (Å²) >= 11 is 0. The van der Waals surface area contributed by atoms with Gasteiger partial charge < -0.3 is 4.84 Å². The molecule has 134 valence electrons. The summed E-state index contributed by atoms with van der Waals surface area (Å²) in [6.07, 6.45) is 3.81. The van der Waals surface area contributed by atoms with Crippen LogP contribution in [0, 0.1) is 0 Å². The first-order valence-corrected chi connectivity index (χ1v) is 10.3. The lowest BCUT2D eigenvalue weighted by molar-refractivity contribution is -0.186. The highest BCUT2D eigenvalue weighted by Crippen LogP contribution is 2.34. The first kappa shape index (κ1) is 18.3. The van der Waals surface area contributed by atoms with E-state index in [1.165, 1.54) is 10.6 Å². The third-order valence-corrected chi connectivity index (χ3v) is 6.80. The molecular formula is C21H22NO3P. The molecule has 0 unspecified atom stereocenters. The maximum Gasteiger partial charge on any atom is 0.333 e. The van der Waals surface area contributed by atoms with E-state index in [0.717, 1.165) is 10.8 Å². The van der Waals surface area contributed by atoms with Gasteiger partial charge in [-0.2, -0.15) is 0 Å². The van der Waals surface area contributed by atoms with E-state index in [1.54, 1.807) is 0 Å². The Kier molecular flexibility index (Phi) is 6.19. The number of hydrogen-bond donors (Lipinski definition) is 0. The van der Waals surface area contributed by atoms with Crippen molar-refractivity contribution in [2.75, 3.05) is 6.16 Å². The Morgan fingerprint density at radius 3 is 2.15 bits per heavy atom. The second kappa shape index (κ2) is 8.77. The zero-order valence-electron chi connectivity index (χ0n) is 14.8. The van der Waals surface area contributed by atoms with Gasteiger partial charge in [0, 0.05) is 6.42 Å². The molecule has 1 aliphatic rings. The van der Waals surface area contributed by atoms with Gasteiger partial charge >= 0.3 is 5.97 Å². The van der Waals surface area contributed by atoms with Gasteiger partial charge in [0.25, 0.3) is 5.91 Å². The van der Waals surface area contributed by atoms with Crippen molar-refractivity contribution in [2.45, 2.75) is 26.2 Å². The van der Waals surface area contributed by atoms with Crippen molar-refractivity contribution >= 4 is 30.4 Å². The summed E-state index contributed by atoms with van der Waals surface area (Å²) in [5, 5.41) is 3.62. The third kappa shape index (κ3) is 4.39. The van der Waals surface area contributed by atoms with E-state index in [4.69, 9.17) is 4.84 Å². The van der Waals surface area contributed by atoms with Crippen LogP contribution < -0.4 is 10.6 Å². The van der Waals surface area contributed by atoms with Crippen LogP contribution in [-0.4, -0.2) is 23.1 Å². The van der Waals surface area contributed by atoms with Crippen LogP contribution in [0.1, 0.15) is 26.2 Å². The molecule has 0 N–H and O–H groups in total. The Labute approximate surface area is 155 Å². The summed E-state index contributed by atoms with van der Waals surface area (Å²) in [7, 11) is -0.646. The minimum absolute atomic E-state index is 0.153. The average molecular weight is 367 g/mol. The molecule has 0 bridgehead atoms. The monoisotopic (exact) mass is 367 g/mol. The molecule has 1 saturated heterocycles. The highest BCUT2D eigenvalue weighted by molar-refractivity contribution is 7.73. The number of carbonyl (C=O) groups is 2. The molecule has 0 radical (unpaired) electrons. The lowest BCUT2D eigenvalue weighted by Gasteiger charge is -2.20. The minimum atomic E-state index is -0.646. The van der Waals surface area contributed by atoms with Gasteiger partial charge in [-0.05, 0) is 38.0 Å². The smallest absolute Gasteiger partial charge is 0.333 e. The standard InChI is InChI=1S/C21H22NO3P/c1-2-17-13-14-20(23)22(17)25-21(24)15-16-26(18-9-5-3-6-10-18)19-11-7-4-8-12-19/h2-12H,13-16H2,1H3/b17-2-. The van der Waals surface area contributed by atoms with Crippen molar-refractivity contribution in [2.24, 2.45) is 0 Å². The van der Waals surface area contributed by atoms with Gasteiger partial charge in [0.05, 0.1) is 12.1 Å². The molecule has 1 aliphatic heterocycles. The van der Waals surface area contributed by atoms with E-state index in [1.807, 2.05) is 49.4 Å². The van der Waals surface area contributed by atoms with Crippen molar-refractivity contribution in [1.82, 2.24) is 5.06 Å². The molecule has 0 atom stereocenters. The first-order chi connectivity index (χ1) is 12.7.